The largest absolute Gasteiger partial charge is 0.444 e. The second-order valence-corrected chi connectivity index (χ2v) is 6.52. The topological polar surface area (TPSA) is 95.1 Å². The van der Waals surface area contributed by atoms with E-state index in [-0.39, 0.29) is 11.7 Å². The van der Waals surface area contributed by atoms with E-state index in [2.05, 4.69) is 36.2 Å². The molecule has 0 bridgehead atoms. The van der Waals surface area contributed by atoms with E-state index >= 15 is 0 Å². The molecule has 3 aromatic heterocycles. The molecule has 0 saturated carbocycles. The number of furan rings is 1. The molecule has 1 N–H and O–H groups in total. The molecule has 4 aromatic rings. The zero-order valence-corrected chi connectivity index (χ0v) is 16.3. The highest BCUT2D eigenvalue weighted by Crippen LogP contribution is 2.23. The van der Waals surface area contributed by atoms with Crippen molar-refractivity contribution in [1.82, 2.24) is 19.5 Å². The Hall–Kier alpha value is -3.46. The molecule has 28 heavy (non-hydrogen) atoms. The fraction of sp³-hybridized carbons (Fsp3) is 0.0526. The van der Waals surface area contributed by atoms with Gasteiger partial charge in [0.25, 0.3) is 5.91 Å². The number of nitrogens with zero attached hydrogens (tertiary/aromatic N) is 4. The number of rotatable bonds is 5. The van der Waals surface area contributed by atoms with Gasteiger partial charge < -0.3 is 14.5 Å². The molecule has 1 amide bonds. The second-order valence-electron chi connectivity index (χ2n) is 5.74. The zero-order valence-electron chi connectivity index (χ0n) is 14.7. The summed E-state index contributed by atoms with van der Waals surface area (Å²) in [6.07, 6.45) is 4.95. The molecule has 0 atom stereocenters. The summed E-state index contributed by atoms with van der Waals surface area (Å²) in [6.45, 7) is 1.89. The Bertz CT molecular complexity index is 1120. The number of nitrogens with one attached hydrogen (secondary N) is 1. The summed E-state index contributed by atoms with van der Waals surface area (Å²) in [4.78, 5) is 24.6. The quantitative estimate of drug-likeness (QED) is 0.495. The van der Waals surface area contributed by atoms with Gasteiger partial charge in [0.05, 0.1) is 0 Å². The minimum Gasteiger partial charge on any atom is -0.444 e. The SMILES string of the molecule is Cc1nccn1-c1cc(Oc2ccc(NC(=O)c3ccc(Br)o3)cc2)ncn1. The lowest BCUT2D eigenvalue weighted by molar-refractivity contribution is 0.0995. The third-order valence-corrected chi connectivity index (χ3v) is 4.26. The standard InChI is InChI=1S/C19H14BrN5O3/c1-12-21-8-9-25(12)17-10-18(23-11-22-17)27-14-4-2-13(3-5-14)24-19(26)15-6-7-16(20)28-15/h2-11H,1H3,(H,24,26). The lowest BCUT2D eigenvalue weighted by Crippen LogP contribution is -2.10. The molecule has 0 aliphatic rings. The Kier molecular flexibility index (Phi) is 4.90. The van der Waals surface area contributed by atoms with Crippen molar-refractivity contribution >= 4 is 27.5 Å². The van der Waals surface area contributed by atoms with Crippen LogP contribution >= 0.6 is 15.9 Å². The van der Waals surface area contributed by atoms with Crippen LogP contribution < -0.4 is 10.1 Å². The first-order chi connectivity index (χ1) is 13.6. The fourth-order valence-electron chi connectivity index (χ4n) is 2.49. The van der Waals surface area contributed by atoms with Gasteiger partial charge in [0.15, 0.2) is 10.4 Å². The van der Waals surface area contributed by atoms with Crippen LogP contribution in [0.4, 0.5) is 5.69 Å². The van der Waals surface area contributed by atoms with Crippen LogP contribution in [0.25, 0.3) is 5.82 Å². The molecule has 0 spiro atoms. The van der Waals surface area contributed by atoms with Crippen molar-refractivity contribution in [2.45, 2.75) is 6.92 Å². The van der Waals surface area contributed by atoms with E-state index < -0.39 is 0 Å². The number of imidazole rings is 1. The van der Waals surface area contributed by atoms with Gasteiger partial charge in [0.2, 0.25) is 5.88 Å². The molecule has 0 fully saturated rings. The Labute approximate surface area is 168 Å². The zero-order chi connectivity index (χ0) is 19.5. The van der Waals surface area contributed by atoms with Crippen molar-refractivity contribution in [3.8, 4) is 17.4 Å². The molecule has 1 aromatic carbocycles. The number of amides is 1. The van der Waals surface area contributed by atoms with E-state index in [4.69, 9.17) is 9.15 Å². The summed E-state index contributed by atoms with van der Waals surface area (Å²) in [5.74, 6) is 2.33. The van der Waals surface area contributed by atoms with Gasteiger partial charge in [-0.3, -0.25) is 9.36 Å². The summed E-state index contributed by atoms with van der Waals surface area (Å²) in [5.41, 5.74) is 0.613. The molecule has 0 unspecified atom stereocenters. The summed E-state index contributed by atoms with van der Waals surface area (Å²) in [6, 6.07) is 11.9. The lowest BCUT2D eigenvalue weighted by atomic mass is 10.3. The molecule has 3 heterocycles. The lowest BCUT2D eigenvalue weighted by Gasteiger charge is -2.08. The highest BCUT2D eigenvalue weighted by Gasteiger charge is 2.11. The molecule has 0 radical (unpaired) electrons. The van der Waals surface area contributed by atoms with E-state index in [0.717, 1.165) is 5.82 Å². The molecule has 9 heteroatoms. The van der Waals surface area contributed by atoms with E-state index in [9.17, 15) is 4.79 Å². The maximum absolute atomic E-state index is 12.1. The number of aromatic nitrogens is 4. The van der Waals surface area contributed by atoms with E-state index in [0.29, 0.717) is 27.8 Å². The first-order valence-corrected chi connectivity index (χ1v) is 9.05. The number of benzene rings is 1. The first kappa shape index (κ1) is 17.9. The fourth-order valence-corrected chi connectivity index (χ4v) is 2.80. The Morgan fingerprint density at radius 1 is 1.14 bits per heavy atom. The van der Waals surface area contributed by atoms with Gasteiger partial charge in [0, 0.05) is 24.1 Å². The summed E-state index contributed by atoms with van der Waals surface area (Å²) >= 11 is 3.17. The number of anilines is 1. The number of carbonyl (C=O) groups excluding carboxylic acids is 1. The normalized spacial score (nSPS) is 10.6. The molecule has 4 rings (SSSR count). The number of hydrogen-bond donors (Lipinski definition) is 1. The predicted octanol–water partition coefficient (Wildman–Crippen LogP) is 4.37. The van der Waals surface area contributed by atoms with Crippen LogP contribution in [-0.2, 0) is 0 Å². The highest BCUT2D eigenvalue weighted by atomic mass is 79.9. The molecule has 140 valence electrons. The van der Waals surface area contributed by atoms with E-state index in [1.165, 1.54) is 6.33 Å². The number of carbonyl (C=O) groups is 1. The van der Waals surface area contributed by atoms with Gasteiger partial charge in [-0.25, -0.2) is 15.0 Å². The van der Waals surface area contributed by atoms with Crippen molar-refractivity contribution in [2.24, 2.45) is 0 Å². The van der Waals surface area contributed by atoms with Gasteiger partial charge in [-0.15, -0.1) is 0 Å². The third-order valence-electron chi connectivity index (χ3n) is 3.83. The van der Waals surface area contributed by atoms with Crippen LogP contribution in [0.3, 0.4) is 0 Å². The van der Waals surface area contributed by atoms with Crippen LogP contribution in [0.1, 0.15) is 16.4 Å². The van der Waals surface area contributed by atoms with Crippen molar-refractivity contribution in [3.63, 3.8) is 0 Å². The molecule has 8 nitrogen and oxygen atoms in total. The van der Waals surface area contributed by atoms with Crippen molar-refractivity contribution < 1.29 is 13.9 Å². The van der Waals surface area contributed by atoms with Crippen LogP contribution in [0, 0.1) is 6.92 Å². The van der Waals surface area contributed by atoms with Crippen molar-refractivity contribution in [2.75, 3.05) is 5.32 Å². The minimum atomic E-state index is -0.337. The Balaban J connectivity index is 1.45. The number of ether oxygens (including phenoxy) is 1. The summed E-state index contributed by atoms with van der Waals surface area (Å²) in [7, 11) is 0. The minimum absolute atomic E-state index is 0.218. The molecule has 0 aliphatic heterocycles. The Morgan fingerprint density at radius 3 is 2.64 bits per heavy atom. The third kappa shape index (κ3) is 3.94. The smallest absolute Gasteiger partial charge is 0.291 e. The number of halogens is 1. The van der Waals surface area contributed by atoms with E-state index in [1.54, 1.807) is 48.7 Å². The van der Waals surface area contributed by atoms with E-state index in [1.807, 2.05) is 17.7 Å². The molecular formula is C19H14BrN5O3. The van der Waals surface area contributed by atoms with Crippen LogP contribution in [-0.4, -0.2) is 25.4 Å². The van der Waals surface area contributed by atoms with Gasteiger partial charge >= 0.3 is 0 Å². The van der Waals surface area contributed by atoms with Crippen molar-refractivity contribution in [3.05, 3.63) is 77.4 Å². The summed E-state index contributed by atoms with van der Waals surface area (Å²) in [5, 5.41) is 2.75. The maximum atomic E-state index is 12.1. The number of hydrogen-bond acceptors (Lipinski definition) is 6. The number of aryl methyl sites for hydroxylation is 1. The van der Waals surface area contributed by atoms with Gasteiger partial charge in [-0.2, -0.15) is 0 Å². The van der Waals surface area contributed by atoms with Gasteiger partial charge in [0.1, 0.15) is 23.7 Å². The monoisotopic (exact) mass is 439 g/mol. The first-order valence-electron chi connectivity index (χ1n) is 8.25. The van der Waals surface area contributed by atoms with Crippen LogP contribution in [0.2, 0.25) is 0 Å². The van der Waals surface area contributed by atoms with Crippen molar-refractivity contribution in [1.29, 1.82) is 0 Å². The maximum Gasteiger partial charge on any atom is 0.291 e. The summed E-state index contributed by atoms with van der Waals surface area (Å²) < 4.78 is 13.3. The highest BCUT2D eigenvalue weighted by molar-refractivity contribution is 9.10. The van der Waals surface area contributed by atoms with Crippen LogP contribution in [0.5, 0.6) is 11.6 Å². The second kappa shape index (κ2) is 7.65. The van der Waals surface area contributed by atoms with Crippen LogP contribution in [0.15, 0.2) is 70.3 Å². The molecular weight excluding hydrogens is 426 g/mol. The molecule has 0 aliphatic carbocycles. The predicted molar refractivity (Wildman–Crippen MR) is 105 cm³/mol. The molecule has 0 saturated heterocycles. The van der Waals surface area contributed by atoms with Gasteiger partial charge in [-0.1, -0.05) is 0 Å². The average Bonchev–Trinajstić information content (AvgIpc) is 3.32. The average molecular weight is 440 g/mol. The Morgan fingerprint density at radius 2 is 1.96 bits per heavy atom. The van der Waals surface area contributed by atoms with Gasteiger partial charge in [-0.05, 0) is 59.3 Å².